The average Bonchev–Trinajstić information content (AvgIpc) is 2.98. The van der Waals surface area contributed by atoms with Crippen LogP contribution in [0.15, 0.2) is 24.2 Å². The Labute approximate surface area is 146 Å². The van der Waals surface area contributed by atoms with Crippen molar-refractivity contribution in [1.82, 2.24) is 4.98 Å². The van der Waals surface area contributed by atoms with E-state index in [1.54, 1.807) is 0 Å². The highest BCUT2D eigenvalue weighted by Gasteiger charge is 2.23. The molecule has 0 aliphatic carbocycles. The second-order valence-electron chi connectivity index (χ2n) is 5.87. The van der Waals surface area contributed by atoms with Gasteiger partial charge >= 0.3 is 0 Å². The molecule has 0 radical (unpaired) electrons. The Morgan fingerprint density at radius 1 is 1.31 bits per heavy atom. The number of amides is 2. The van der Waals surface area contributed by atoms with Crippen LogP contribution in [0, 0.1) is 25.5 Å². The molecule has 2 heterocycles. The third-order valence-electron chi connectivity index (χ3n) is 4.08. The van der Waals surface area contributed by atoms with Gasteiger partial charge < -0.3 is 10.6 Å². The Kier molecular flexibility index (Phi) is 4.50. The maximum absolute atomic E-state index is 14.4. The predicted octanol–water partition coefficient (Wildman–Crippen LogP) is 3.42. The van der Waals surface area contributed by atoms with Crippen LogP contribution in [0.1, 0.15) is 22.4 Å². The van der Waals surface area contributed by atoms with Crippen LogP contribution in [0.2, 0.25) is 0 Å². The molecular formula is C18H14F3N3O2. The van der Waals surface area contributed by atoms with Gasteiger partial charge in [-0.2, -0.15) is 0 Å². The van der Waals surface area contributed by atoms with Gasteiger partial charge in [-0.15, -0.1) is 0 Å². The van der Waals surface area contributed by atoms with Crippen molar-refractivity contribution < 1.29 is 22.8 Å². The molecule has 0 spiro atoms. The van der Waals surface area contributed by atoms with E-state index >= 15 is 0 Å². The van der Waals surface area contributed by atoms with E-state index in [1.165, 1.54) is 26.0 Å². The minimum atomic E-state index is -1.27. The summed E-state index contributed by atoms with van der Waals surface area (Å²) in [5.41, 5.74) is 0.746. The average molecular weight is 361 g/mol. The molecule has 2 N–H and O–H groups in total. The van der Waals surface area contributed by atoms with Crippen molar-refractivity contribution in [3.63, 3.8) is 0 Å². The maximum atomic E-state index is 14.4. The van der Waals surface area contributed by atoms with Crippen molar-refractivity contribution in [1.29, 1.82) is 0 Å². The Bertz CT molecular complexity index is 971. The number of halogens is 3. The van der Waals surface area contributed by atoms with Crippen molar-refractivity contribution in [3.8, 4) is 0 Å². The second-order valence-corrected chi connectivity index (χ2v) is 5.87. The molecule has 5 nitrogen and oxygen atoms in total. The number of carbonyl (C=O) groups excluding carboxylic acids is 2. The van der Waals surface area contributed by atoms with Gasteiger partial charge in [0.15, 0.2) is 11.6 Å². The first-order chi connectivity index (χ1) is 12.3. The number of pyridine rings is 1. The zero-order valence-electron chi connectivity index (χ0n) is 13.9. The number of benzene rings is 1. The summed E-state index contributed by atoms with van der Waals surface area (Å²) in [5.74, 6) is -4.25. The van der Waals surface area contributed by atoms with Gasteiger partial charge in [-0.05, 0) is 25.5 Å². The highest BCUT2D eigenvalue weighted by atomic mass is 19.1. The molecule has 0 atom stereocenters. The van der Waals surface area contributed by atoms with E-state index in [1.807, 2.05) is 0 Å². The van der Waals surface area contributed by atoms with E-state index in [0.717, 1.165) is 6.20 Å². The van der Waals surface area contributed by atoms with Crippen LogP contribution in [0.4, 0.5) is 24.5 Å². The molecule has 134 valence electrons. The fraction of sp³-hybridized carbons (Fsp3) is 0.167. The number of fused-ring (bicyclic) bond motifs is 1. The molecule has 2 aromatic rings. The molecule has 0 saturated carbocycles. The van der Waals surface area contributed by atoms with Gasteiger partial charge in [-0.25, -0.2) is 13.2 Å². The van der Waals surface area contributed by atoms with Gasteiger partial charge in [0, 0.05) is 11.1 Å². The van der Waals surface area contributed by atoms with Crippen LogP contribution >= 0.6 is 0 Å². The first-order valence-electron chi connectivity index (χ1n) is 7.69. The fourth-order valence-corrected chi connectivity index (χ4v) is 2.65. The first kappa shape index (κ1) is 17.7. The number of hydrogen-bond donors (Lipinski definition) is 2. The lowest BCUT2D eigenvalue weighted by Gasteiger charge is -2.11. The number of rotatable bonds is 3. The van der Waals surface area contributed by atoms with Crippen LogP contribution in [-0.2, 0) is 16.0 Å². The van der Waals surface area contributed by atoms with E-state index in [4.69, 9.17) is 0 Å². The van der Waals surface area contributed by atoms with E-state index < -0.39 is 23.4 Å². The molecule has 1 aromatic carbocycles. The second kappa shape index (κ2) is 6.62. The molecular weight excluding hydrogens is 347 g/mol. The summed E-state index contributed by atoms with van der Waals surface area (Å²) in [6.45, 7) is 2.95. The molecule has 2 amide bonds. The Morgan fingerprint density at radius 2 is 2.04 bits per heavy atom. The fourth-order valence-electron chi connectivity index (χ4n) is 2.65. The monoisotopic (exact) mass is 361 g/mol. The molecule has 1 aromatic heterocycles. The quantitative estimate of drug-likeness (QED) is 0.823. The number of hydrogen-bond acceptors (Lipinski definition) is 3. The number of nitrogens with one attached hydrogen (secondary N) is 2. The van der Waals surface area contributed by atoms with Gasteiger partial charge in [0.2, 0.25) is 5.91 Å². The van der Waals surface area contributed by atoms with Crippen LogP contribution in [0.5, 0.6) is 0 Å². The summed E-state index contributed by atoms with van der Waals surface area (Å²) in [5, 5.41) is 4.59. The van der Waals surface area contributed by atoms with Gasteiger partial charge in [-0.1, -0.05) is 12.1 Å². The van der Waals surface area contributed by atoms with Crippen LogP contribution < -0.4 is 10.6 Å². The molecule has 8 heteroatoms. The largest absolute Gasteiger partial charge is 0.323 e. The van der Waals surface area contributed by atoms with E-state index in [-0.39, 0.29) is 34.8 Å². The number of nitrogens with zero attached hydrogens (tertiary/aromatic N) is 1. The van der Waals surface area contributed by atoms with Gasteiger partial charge in [-0.3, -0.25) is 14.6 Å². The zero-order chi connectivity index (χ0) is 19.0. The lowest BCUT2D eigenvalue weighted by atomic mass is 10.1. The Hall–Kier alpha value is -3.16. The summed E-state index contributed by atoms with van der Waals surface area (Å²) in [6, 6.07) is 2.76. The van der Waals surface area contributed by atoms with Crippen molar-refractivity contribution in [2.75, 3.05) is 10.6 Å². The minimum Gasteiger partial charge on any atom is -0.323 e. The van der Waals surface area contributed by atoms with Crippen molar-refractivity contribution >= 4 is 29.3 Å². The summed E-state index contributed by atoms with van der Waals surface area (Å²) >= 11 is 0. The Morgan fingerprint density at radius 3 is 2.77 bits per heavy atom. The minimum absolute atomic E-state index is 0.0158. The van der Waals surface area contributed by atoms with Gasteiger partial charge in [0.1, 0.15) is 5.82 Å². The van der Waals surface area contributed by atoms with Gasteiger partial charge in [0.05, 0.1) is 29.7 Å². The van der Waals surface area contributed by atoms with E-state index in [0.29, 0.717) is 17.3 Å². The highest BCUT2D eigenvalue weighted by Crippen LogP contribution is 2.30. The Balaban J connectivity index is 1.87. The third kappa shape index (κ3) is 3.17. The number of anilines is 2. The molecule has 0 bridgehead atoms. The molecule has 1 aliphatic heterocycles. The predicted molar refractivity (Wildman–Crippen MR) is 90.1 cm³/mol. The lowest BCUT2D eigenvalue weighted by Crippen LogP contribution is -2.15. The summed E-state index contributed by atoms with van der Waals surface area (Å²) in [4.78, 5) is 27.1. The highest BCUT2D eigenvalue weighted by molar-refractivity contribution is 6.06. The van der Waals surface area contributed by atoms with Gasteiger partial charge in [0.25, 0.3) is 5.91 Å². The summed E-state index contributed by atoms with van der Waals surface area (Å²) < 4.78 is 42.1. The normalized spacial score (nSPS) is 13.4. The van der Waals surface area contributed by atoms with E-state index in [2.05, 4.69) is 15.6 Å². The van der Waals surface area contributed by atoms with Crippen LogP contribution in [0.3, 0.4) is 0 Å². The third-order valence-corrected chi connectivity index (χ3v) is 4.08. The SMILES string of the molecule is Cc1ncc(F)c(C)c1NC(=O)/C(F)=C/c1ccc2c(c1F)NC(=O)C2. The summed E-state index contributed by atoms with van der Waals surface area (Å²) in [7, 11) is 0. The van der Waals surface area contributed by atoms with Crippen LogP contribution in [-0.4, -0.2) is 16.8 Å². The number of aryl methyl sites for hydroxylation is 1. The summed E-state index contributed by atoms with van der Waals surface area (Å²) in [6.07, 6.45) is 1.76. The first-order valence-corrected chi connectivity index (χ1v) is 7.69. The molecule has 26 heavy (non-hydrogen) atoms. The number of aromatic nitrogens is 1. The standard InChI is InChI=1S/C18H14F3N3O2/c1-8-13(20)7-22-9(2)16(8)24-18(26)12(19)5-10-3-4-11-6-14(25)23-17(11)15(10)21/h3-5,7H,6H2,1-2H3,(H,23,25)(H,24,26)/b12-5-. The maximum Gasteiger partial charge on any atom is 0.284 e. The number of carbonyl (C=O) groups is 2. The molecule has 0 fully saturated rings. The smallest absolute Gasteiger partial charge is 0.284 e. The van der Waals surface area contributed by atoms with Crippen molar-refractivity contribution in [2.45, 2.75) is 20.3 Å². The molecule has 0 unspecified atom stereocenters. The zero-order valence-corrected chi connectivity index (χ0v) is 13.9. The lowest BCUT2D eigenvalue weighted by molar-refractivity contribution is -0.115. The topological polar surface area (TPSA) is 71.1 Å². The van der Waals surface area contributed by atoms with Crippen molar-refractivity contribution in [2.24, 2.45) is 0 Å². The molecule has 0 saturated heterocycles. The van der Waals surface area contributed by atoms with Crippen molar-refractivity contribution in [3.05, 3.63) is 58.2 Å². The van der Waals surface area contributed by atoms with Crippen LogP contribution in [0.25, 0.3) is 6.08 Å². The van der Waals surface area contributed by atoms with E-state index in [9.17, 15) is 22.8 Å². The molecule has 3 rings (SSSR count). The molecule has 1 aliphatic rings.